The summed E-state index contributed by atoms with van der Waals surface area (Å²) in [6.45, 7) is 1.53. The number of fused-ring (bicyclic) bond motifs is 4. The summed E-state index contributed by atoms with van der Waals surface area (Å²) in [6, 6.07) is 16.6. The molecule has 0 bridgehead atoms. The van der Waals surface area contributed by atoms with Crippen molar-refractivity contribution in [2.75, 3.05) is 39.7 Å². The van der Waals surface area contributed by atoms with Crippen molar-refractivity contribution >= 4 is 15.7 Å². The lowest BCUT2D eigenvalue weighted by atomic mass is 9.86. The number of rotatable bonds is 6. The van der Waals surface area contributed by atoms with Crippen molar-refractivity contribution in [3.05, 3.63) is 72.1 Å². The highest BCUT2D eigenvalue weighted by atomic mass is 32.2. The van der Waals surface area contributed by atoms with E-state index < -0.39 is 15.4 Å². The second-order valence-electron chi connectivity index (χ2n) is 8.89. The molecule has 2 aliphatic heterocycles. The lowest BCUT2D eigenvalue weighted by Crippen LogP contribution is -2.50. The largest absolute Gasteiger partial charge is 0.490 e. The summed E-state index contributed by atoms with van der Waals surface area (Å²) in [7, 11) is -2.05. The standard InChI is InChI=1S/C26H28N2O6S/c1-32-16-17-33-22-10-9-19(18-23(22)35(2,30)31)25(29)27-14-11-26(12-15-27)24-8-5-13-28(24)20-6-3-4-7-21(20)34-26/h3-10,13,18H,11-12,14-17H2,1-2H3. The van der Waals surface area contributed by atoms with Gasteiger partial charge in [-0.15, -0.1) is 0 Å². The van der Waals surface area contributed by atoms with Gasteiger partial charge in [0.05, 0.1) is 18.0 Å². The third-order valence-electron chi connectivity index (χ3n) is 6.64. The highest BCUT2D eigenvalue weighted by Gasteiger charge is 2.44. The summed E-state index contributed by atoms with van der Waals surface area (Å²) in [4.78, 5) is 15.1. The Labute approximate surface area is 204 Å². The van der Waals surface area contributed by atoms with Crippen LogP contribution in [0.2, 0.25) is 0 Å². The van der Waals surface area contributed by atoms with Crippen molar-refractivity contribution < 1.29 is 27.4 Å². The van der Waals surface area contributed by atoms with Crippen LogP contribution < -0.4 is 9.47 Å². The Balaban J connectivity index is 1.36. The smallest absolute Gasteiger partial charge is 0.253 e. The molecule has 5 rings (SSSR count). The van der Waals surface area contributed by atoms with Gasteiger partial charge in [-0.2, -0.15) is 0 Å². The van der Waals surface area contributed by atoms with Crippen molar-refractivity contribution in [2.24, 2.45) is 0 Å². The van der Waals surface area contributed by atoms with Crippen LogP contribution in [0.25, 0.3) is 5.69 Å². The number of benzene rings is 2. The number of piperidine rings is 1. The Morgan fingerprint density at radius 1 is 1.06 bits per heavy atom. The predicted octanol–water partition coefficient (Wildman–Crippen LogP) is 3.43. The number of hydrogen-bond donors (Lipinski definition) is 0. The molecule has 0 saturated carbocycles. The first-order chi connectivity index (χ1) is 16.8. The summed E-state index contributed by atoms with van der Waals surface area (Å²) >= 11 is 0. The molecule has 1 saturated heterocycles. The lowest BCUT2D eigenvalue weighted by Gasteiger charge is -2.45. The van der Waals surface area contributed by atoms with Gasteiger partial charge in [0, 0.05) is 51.1 Å². The molecule has 0 unspecified atom stereocenters. The van der Waals surface area contributed by atoms with E-state index in [1.807, 2.05) is 36.5 Å². The molecule has 3 heterocycles. The molecule has 0 N–H and O–H groups in total. The topological polar surface area (TPSA) is 87.1 Å². The van der Waals surface area contributed by atoms with Gasteiger partial charge in [0.1, 0.15) is 23.0 Å². The maximum Gasteiger partial charge on any atom is 0.253 e. The maximum absolute atomic E-state index is 13.3. The number of methoxy groups -OCH3 is 1. The second-order valence-corrected chi connectivity index (χ2v) is 10.9. The molecule has 0 aliphatic carbocycles. The van der Waals surface area contributed by atoms with Gasteiger partial charge in [0.15, 0.2) is 15.4 Å². The molecule has 184 valence electrons. The Bertz CT molecular complexity index is 1360. The van der Waals surface area contributed by atoms with Crippen LogP contribution in [0, 0.1) is 0 Å². The zero-order chi connectivity index (χ0) is 24.6. The summed E-state index contributed by atoms with van der Waals surface area (Å²) in [5, 5.41) is 0. The molecule has 0 atom stereocenters. The van der Waals surface area contributed by atoms with Gasteiger partial charge in [-0.05, 0) is 42.5 Å². The first kappa shape index (κ1) is 23.4. The molecule has 35 heavy (non-hydrogen) atoms. The van der Waals surface area contributed by atoms with E-state index in [1.165, 1.54) is 6.07 Å². The third-order valence-corrected chi connectivity index (χ3v) is 7.76. The Morgan fingerprint density at radius 3 is 2.57 bits per heavy atom. The minimum absolute atomic E-state index is 0.00187. The van der Waals surface area contributed by atoms with Crippen molar-refractivity contribution in [3.8, 4) is 17.2 Å². The van der Waals surface area contributed by atoms with Crippen LogP contribution in [0.3, 0.4) is 0 Å². The molecule has 1 amide bonds. The van der Waals surface area contributed by atoms with Crippen molar-refractivity contribution in [3.63, 3.8) is 0 Å². The summed E-state index contributed by atoms with van der Waals surface area (Å²) in [5.74, 6) is 0.839. The number of likely N-dealkylation sites (tertiary alicyclic amines) is 1. The van der Waals surface area contributed by atoms with E-state index in [4.69, 9.17) is 14.2 Å². The van der Waals surface area contributed by atoms with E-state index in [-0.39, 0.29) is 23.2 Å². The van der Waals surface area contributed by atoms with Gasteiger partial charge in [0.2, 0.25) is 0 Å². The molecule has 0 radical (unpaired) electrons. The summed E-state index contributed by atoms with van der Waals surface area (Å²) < 4.78 is 44.0. The molecule has 9 heteroatoms. The van der Waals surface area contributed by atoms with Crippen LogP contribution in [-0.4, -0.2) is 63.5 Å². The normalized spacial score (nSPS) is 16.3. The van der Waals surface area contributed by atoms with Gasteiger partial charge in [0.25, 0.3) is 5.91 Å². The van der Waals surface area contributed by atoms with Crippen LogP contribution in [-0.2, 0) is 20.2 Å². The van der Waals surface area contributed by atoms with Gasteiger partial charge in [-0.1, -0.05) is 12.1 Å². The van der Waals surface area contributed by atoms with Crippen LogP contribution in [0.15, 0.2) is 65.7 Å². The monoisotopic (exact) mass is 496 g/mol. The maximum atomic E-state index is 13.3. The van der Waals surface area contributed by atoms with Gasteiger partial charge in [-0.3, -0.25) is 4.79 Å². The zero-order valence-electron chi connectivity index (χ0n) is 19.8. The van der Waals surface area contributed by atoms with E-state index in [0.717, 1.165) is 23.4 Å². The average Bonchev–Trinajstić information content (AvgIpc) is 3.35. The van der Waals surface area contributed by atoms with Crippen LogP contribution in [0.1, 0.15) is 28.9 Å². The van der Waals surface area contributed by atoms with Gasteiger partial charge in [-0.25, -0.2) is 8.42 Å². The van der Waals surface area contributed by atoms with Crippen molar-refractivity contribution in [1.29, 1.82) is 0 Å². The van der Waals surface area contributed by atoms with E-state index in [0.29, 0.717) is 38.1 Å². The summed E-state index contributed by atoms with van der Waals surface area (Å²) in [5.41, 5.74) is 1.91. The molecule has 1 spiro atoms. The molecule has 1 aromatic heterocycles. The Kier molecular flexibility index (Phi) is 6.06. The first-order valence-electron chi connectivity index (χ1n) is 11.5. The number of para-hydroxylation sites is 2. The number of ether oxygens (including phenoxy) is 3. The van der Waals surface area contributed by atoms with Gasteiger partial charge < -0.3 is 23.7 Å². The summed E-state index contributed by atoms with van der Waals surface area (Å²) in [6.07, 6.45) is 4.42. The number of sulfone groups is 1. The Hall–Kier alpha value is -3.30. The molecule has 2 aliphatic rings. The number of carbonyl (C=O) groups excluding carboxylic acids is 1. The molecule has 3 aromatic rings. The lowest BCUT2D eigenvalue weighted by molar-refractivity contribution is -0.00931. The highest BCUT2D eigenvalue weighted by Crippen LogP contribution is 2.45. The molecule has 8 nitrogen and oxygen atoms in total. The van der Waals surface area contributed by atoms with E-state index >= 15 is 0 Å². The van der Waals surface area contributed by atoms with E-state index in [2.05, 4.69) is 10.6 Å². The zero-order valence-corrected chi connectivity index (χ0v) is 20.6. The Morgan fingerprint density at radius 2 is 1.83 bits per heavy atom. The minimum atomic E-state index is -3.59. The molecule has 2 aromatic carbocycles. The number of amides is 1. The fourth-order valence-corrected chi connectivity index (χ4v) is 5.70. The molecular formula is C26H28N2O6S. The van der Waals surface area contributed by atoms with E-state index in [9.17, 15) is 13.2 Å². The first-order valence-corrected chi connectivity index (χ1v) is 13.4. The minimum Gasteiger partial charge on any atom is -0.490 e. The quantitative estimate of drug-likeness (QED) is 0.486. The van der Waals surface area contributed by atoms with Crippen LogP contribution in [0.5, 0.6) is 11.5 Å². The highest BCUT2D eigenvalue weighted by molar-refractivity contribution is 7.90. The third kappa shape index (κ3) is 4.30. The number of hydrogen-bond acceptors (Lipinski definition) is 6. The van der Waals surface area contributed by atoms with E-state index in [1.54, 1.807) is 24.1 Å². The number of nitrogens with zero attached hydrogens (tertiary/aromatic N) is 2. The fraction of sp³-hybridized carbons (Fsp3) is 0.346. The molecule has 1 fully saturated rings. The SMILES string of the molecule is COCCOc1ccc(C(=O)N2CCC3(CC2)Oc2ccccc2-n2cccc23)cc1S(C)(=O)=O. The van der Waals surface area contributed by atoms with Crippen LogP contribution in [0.4, 0.5) is 0 Å². The number of carbonyl (C=O) groups is 1. The predicted molar refractivity (Wildman–Crippen MR) is 130 cm³/mol. The average molecular weight is 497 g/mol. The number of aromatic nitrogens is 1. The van der Waals surface area contributed by atoms with Crippen LogP contribution >= 0.6 is 0 Å². The van der Waals surface area contributed by atoms with Crippen molar-refractivity contribution in [1.82, 2.24) is 9.47 Å². The second kappa shape index (κ2) is 9.05. The fourth-order valence-electron chi connectivity index (χ4n) is 4.86. The van der Waals surface area contributed by atoms with Gasteiger partial charge >= 0.3 is 0 Å². The molecular weight excluding hydrogens is 468 g/mol. The van der Waals surface area contributed by atoms with Crippen molar-refractivity contribution in [2.45, 2.75) is 23.3 Å².